The number of carbonyl (C=O) groups excluding carboxylic acids is 2. The Labute approximate surface area is 158 Å². The molecule has 0 aromatic heterocycles. The van der Waals surface area contributed by atoms with E-state index in [1.54, 1.807) is 67.6 Å². The first-order valence-electron chi connectivity index (χ1n) is 8.87. The Balaban J connectivity index is 2.07. The Bertz CT molecular complexity index is 662. The number of hydrogen-bond acceptors (Lipinski definition) is 6. The molecule has 2 atom stereocenters. The molecule has 0 aliphatic heterocycles. The maximum absolute atomic E-state index is 12.3. The third-order valence-electron chi connectivity index (χ3n) is 3.98. The van der Waals surface area contributed by atoms with Gasteiger partial charge in [0.1, 0.15) is 0 Å². The zero-order valence-corrected chi connectivity index (χ0v) is 15.2. The predicted octanol–water partition coefficient (Wildman–Crippen LogP) is 2.94. The van der Waals surface area contributed by atoms with Crippen LogP contribution < -0.4 is 0 Å². The summed E-state index contributed by atoms with van der Waals surface area (Å²) in [7, 11) is 0. The topological polar surface area (TPSA) is 93.1 Å². The van der Waals surface area contributed by atoms with E-state index in [1.807, 2.05) is 0 Å². The van der Waals surface area contributed by atoms with E-state index >= 15 is 0 Å². The Morgan fingerprint density at radius 3 is 1.63 bits per heavy atom. The lowest BCUT2D eigenvalue weighted by Crippen LogP contribution is -2.30. The van der Waals surface area contributed by atoms with Crippen LogP contribution in [0.2, 0.25) is 0 Å². The summed E-state index contributed by atoms with van der Waals surface area (Å²) < 4.78 is 10.6. The Morgan fingerprint density at radius 2 is 1.22 bits per heavy atom. The zero-order chi connectivity index (χ0) is 19.6. The minimum atomic E-state index is -1.27. The number of aliphatic hydroxyl groups excluding tert-OH is 2. The van der Waals surface area contributed by atoms with Crippen molar-refractivity contribution in [1.82, 2.24) is 0 Å². The molecule has 0 fully saturated rings. The summed E-state index contributed by atoms with van der Waals surface area (Å²) >= 11 is 0. The van der Waals surface area contributed by atoms with Gasteiger partial charge in [0, 0.05) is 6.42 Å². The van der Waals surface area contributed by atoms with E-state index in [-0.39, 0.29) is 12.8 Å². The molecule has 0 heterocycles. The molecule has 2 aromatic rings. The summed E-state index contributed by atoms with van der Waals surface area (Å²) in [5, 5.41) is 19.8. The second kappa shape index (κ2) is 10.4. The summed E-state index contributed by atoms with van der Waals surface area (Å²) in [6.45, 7) is 1.79. The molecule has 2 rings (SSSR count). The van der Waals surface area contributed by atoms with Crippen LogP contribution in [-0.4, -0.2) is 40.6 Å². The van der Waals surface area contributed by atoms with Crippen molar-refractivity contribution in [3.05, 3.63) is 71.8 Å². The quantitative estimate of drug-likeness (QED) is 0.519. The van der Waals surface area contributed by atoms with Crippen molar-refractivity contribution in [2.24, 2.45) is 0 Å². The summed E-state index contributed by atoms with van der Waals surface area (Å²) in [6.07, 6.45) is -2.50. The fourth-order valence-electron chi connectivity index (χ4n) is 2.44. The second-order valence-corrected chi connectivity index (χ2v) is 6.16. The van der Waals surface area contributed by atoms with Crippen LogP contribution in [0.25, 0.3) is 0 Å². The van der Waals surface area contributed by atoms with E-state index in [2.05, 4.69) is 0 Å². The first-order chi connectivity index (χ1) is 13.0. The Morgan fingerprint density at radius 1 is 0.778 bits per heavy atom. The number of hydrogen-bond donors (Lipinski definition) is 2. The molecule has 2 unspecified atom stereocenters. The maximum Gasteiger partial charge on any atom is 0.341 e. The largest absolute Gasteiger partial charge is 0.421 e. The summed E-state index contributed by atoms with van der Waals surface area (Å²) in [5.41, 5.74) is 0.614. The molecule has 0 amide bonds. The van der Waals surface area contributed by atoms with E-state index in [4.69, 9.17) is 9.47 Å². The SMILES string of the molecule is CCC(O)CC(O)CC(OC(=O)c1ccccc1)OC(=O)c1ccccc1. The molecule has 6 nitrogen and oxygen atoms in total. The molecule has 27 heavy (non-hydrogen) atoms. The lowest BCUT2D eigenvalue weighted by molar-refractivity contribution is -0.100. The minimum Gasteiger partial charge on any atom is -0.421 e. The van der Waals surface area contributed by atoms with Crippen LogP contribution in [0.3, 0.4) is 0 Å². The highest BCUT2D eigenvalue weighted by Crippen LogP contribution is 2.15. The molecule has 0 bridgehead atoms. The fraction of sp³-hybridized carbons (Fsp3) is 0.333. The molecule has 0 spiro atoms. The molecule has 144 valence electrons. The first-order valence-corrected chi connectivity index (χ1v) is 8.87. The van der Waals surface area contributed by atoms with Crippen molar-refractivity contribution in [3.63, 3.8) is 0 Å². The van der Waals surface area contributed by atoms with E-state index < -0.39 is 30.4 Å². The number of aliphatic hydroxyl groups is 2. The molecule has 0 saturated heterocycles. The van der Waals surface area contributed by atoms with Crippen molar-refractivity contribution in [3.8, 4) is 0 Å². The van der Waals surface area contributed by atoms with Gasteiger partial charge >= 0.3 is 11.9 Å². The van der Waals surface area contributed by atoms with Crippen molar-refractivity contribution in [2.75, 3.05) is 0 Å². The average Bonchev–Trinajstić information content (AvgIpc) is 2.68. The summed E-state index contributed by atoms with van der Waals surface area (Å²) in [4.78, 5) is 24.6. The van der Waals surface area contributed by atoms with E-state index in [1.165, 1.54) is 0 Å². The molecule has 0 aliphatic carbocycles. The highest BCUT2D eigenvalue weighted by Gasteiger charge is 2.25. The number of ether oxygens (including phenoxy) is 2. The standard InChI is InChI=1S/C21H24O6/c1-2-17(22)13-18(23)14-19(26-20(24)15-9-5-3-6-10-15)27-21(25)16-11-7-4-8-12-16/h3-12,17-19,22-23H,2,13-14H2,1H3. The minimum absolute atomic E-state index is 0.0960. The molecule has 6 heteroatoms. The lowest BCUT2D eigenvalue weighted by atomic mass is 10.1. The van der Waals surface area contributed by atoms with Gasteiger partial charge in [-0.3, -0.25) is 0 Å². The van der Waals surface area contributed by atoms with Gasteiger partial charge in [-0.25, -0.2) is 9.59 Å². The molecule has 0 aliphatic rings. The van der Waals surface area contributed by atoms with Gasteiger partial charge in [0.15, 0.2) is 0 Å². The molecular formula is C21H24O6. The summed E-state index contributed by atoms with van der Waals surface area (Å²) in [6, 6.07) is 16.6. The third-order valence-corrected chi connectivity index (χ3v) is 3.98. The van der Waals surface area contributed by atoms with Crippen LogP contribution >= 0.6 is 0 Å². The molecule has 2 aromatic carbocycles. The highest BCUT2D eigenvalue weighted by atomic mass is 16.7. The van der Waals surface area contributed by atoms with Crippen molar-refractivity contribution < 1.29 is 29.3 Å². The van der Waals surface area contributed by atoms with Gasteiger partial charge in [-0.1, -0.05) is 43.3 Å². The van der Waals surface area contributed by atoms with Crippen LogP contribution in [-0.2, 0) is 9.47 Å². The van der Waals surface area contributed by atoms with Crippen LogP contribution in [0.1, 0.15) is 46.9 Å². The molecule has 2 N–H and O–H groups in total. The van der Waals surface area contributed by atoms with Crippen LogP contribution in [0.4, 0.5) is 0 Å². The summed E-state index contributed by atoms with van der Waals surface area (Å²) in [5.74, 6) is -1.32. The highest BCUT2D eigenvalue weighted by molar-refractivity contribution is 5.90. The average molecular weight is 372 g/mol. The van der Waals surface area contributed by atoms with Gasteiger partial charge in [0.05, 0.1) is 23.3 Å². The number of rotatable bonds is 9. The van der Waals surface area contributed by atoms with Crippen molar-refractivity contribution in [2.45, 2.75) is 44.7 Å². The van der Waals surface area contributed by atoms with Gasteiger partial charge in [0.2, 0.25) is 0 Å². The predicted molar refractivity (Wildman–Crippen MR) is 99.0 cm³/mol. The maximum atomic E-state index is 12.3. The number of esters is 2. The van der Waals surface area contributed by atoms with Crippen molar-refractivity contribution >= 4 is 11.9 Å². The van der Waals surface area contributed by atoms with Gasteiger partial charge in [-0.2, -0.15) is 0 Å². The molecule has 0 radical (unpaired) electrons. The smallest absolute Gasteiger partial charge is 0.341 e. The molecule has 0 saturated carbocycles. The van der Waals surface area contributed by atoms with Crippen molar-refractivity contribution in [1.29, 1.82) is 0 Å². The van der Waals surface area contributed by atoms with Gasteiger partial charge < -0.3 is 19.7 Å². The monoisotopic (exact) mass is 372 g/mol. The third kappa shape index (κ3) is 6.84. The van der Waals surface area contributed by atoms with Crippen LogP contribution in [0.5, 0.6) is 0 Å². The first kappa shape index (κ1) is 20.6. The Kier molecular flexibility index (Phi) is 7.98. The Hall–Kier alpha value is -2.70. The van der Waals surface area contributed by atoms with Gasteiger partial charge in [-0.05, 0) is 37.1 Å². The normalized spacial score (nSPS) is 13.0. The van der Waals surface area contributed by atoms with Crippen LogP contribution in [0, 0.1) is 0 Å². The second-order valence-electron chi connectivity index (χ2n) is 6.16. The van der Waals surface area contributed by atoms with E-state index in [0.29, 0.717) is 17.5 Å². The fourth-order valence-corrected chi connectivity index (χ4v) is 2.44. The van der Waals surface area contributed by atoms with E-state index in [9.17, 15) is 19.8 Å². The number of carbonyl (C=O) groups is 2. The lowest BCUT2D eigenvalue weighted by Gasteiger charge is -2.22. The van der Waals surface area contributed by atoms with E-state index in [0.717, 1.165) is 0 Å². The van der Waals surface area contributed by atoms with Gasteiger partial charge in [-0.15, -0.1) is 0 Å². The van der Waals surface area contributed by atoms with Gasteiger partial charge in [0.25, 0.3) is 6.29 Å². The van der Waals surface area contributed by atoms with Crippen LogP contribution in [0.15, 0.2) is 60.7 Å². The molecular weight excluding hydrogens is 348 g/mol. The number of benzene rings is 2. The zero-order valence-electron chi connectivity index (χ0n) is 15.2.